The van der Waals surface area contributed by atoms with Crippen molar-refractivity contribution in [1.82, 2.24) is 9.55 Å². The normalized spacial score (nSPS) is 12.2. The van der Waals surface area contributed by atoms with Gasteiger partial charge < -0.3 is 4.57 Å². The Balaban J connectivity index is 1.95. The highest BCUT2D eigenvalue weighted by molar-refractivity contribution is 7.91. The van der Waals surface area contributed by atoms with Crippen LogP contribution in [0.4, 0.5) is 22.0 Å². The molecule has 0 saturated carbocycles. The van der Waals surface area contributed by atoms with E-state index in [0.29, 0.717) is 17.7 Å². The molecule has 10 heteroatoms. The topological polar surface area (TPSA) is 52.0 Å². The molecule has 3 aromatic carbocycles. The minimum absolute atomic E-state index is 0.0161. The van der Waals surface area contributed by atoms with Gasteiger partial charge in [-0.2, -0.15) is 8.78 Å². The van der Waals surface area contributed by atoms with Gasteiger partial charge in [-0.05, 0) is 72.8 Å². The summed E-state index contributed by atoms with van der Waals surface area (Å²) in [7, 11) is -4.19. The van der Waals surface area contributed by atoms with Crippen LogP contribution in [0.3, 0.4) is 0 Å². The van der Waals surface area contributed by atoms with E-state index in [1.165, 1.54) is 31.3 Å². The van der Waals surface area contributed by atoms with E-state index >= 15 is 8.78 Å². The molecular formula is C23H15F5N2O2S. The SMILES string of the molecule is Cn1c(S(=O)(=O)C(F)(F)c2ccc(F)cc2)nc(-c2ccc(F)cc2)c1-c1ccc(F)cc1. The Hall–Kier alpha value is -3.53. The fourth-order valence-electron chi connectivity index (χ4n) is 3.38. The second-order valence-corrected chi connectivity index (χ2v) is 9.08. The zero-order chi connectivity index (χ0) is 24.0. The molecule has 0 saturated heterocycles. The van der Waals surface area contributed by atoms with Gasteiger partial charge in [-0.3, -0.25) is 0 Å². The fourth-order valence-corrected chi connectivity index (χ4v) is 4.72. The Bertz CT molecular complexity index is 1410. The molecule has 0 fully saturated rings. The molecule has 1 aromatic heterocycles. The monoisotopic (exact) mass is 478 g/mol. The van der Waals surface area contributed by atoms with Gasteiger partial charge in [0.05, 0.1) is 11.4 Å². The lowest BCUT2D eigenvalue weighted by Gasteiger charge is -2.17. The van der Waals surface area contributed by atoms with Gasteiger partial charge in [0, 0.05) is 23.7 Å². The van der Waals surface area contributed by atoms with E-state index in [0.717, 1.165) is 41.0 Å². The van der Waals surface area contributed by atoms with Crippen LogP contribution in [0.2, 0.25) is 0 Å². The molecule has 0 radical (unpaired) electrons. The van der Waals surface area contributed by atoms with Crippen LogP contribution < -0.4 is 0 Å². The minimum atomic E-state index is -5.42. The van der Waals surface area contributed by atoms with E-state index in [2.05, 4.69) is 4.98 Å². The molecule has 0 aliphatic heterocycles. The van der Waals surface area contributed by atoms with Crippen LogP contribution in [0, 0.1) is 17.5 Å². The van der Waals surface area contributed by atoms with E-state index in [1.54, 1.807) is 0 Å². The third-order valence-electron chi connectivity index (χ3n) is 5.05. The summed E-state index contributed by atoms with van der Waals surface area (Å²) in [5.41, 5.74) is -0.276. The number of rotatable bonds is 5. The number of halogens is 5. The molecule has 0 amide bonds. The number of sulfone groups is 1. The summed E-state index contributed by atoms with van der Waals surface area (Å²) in [5, 5.41) is -5.39. The van der Waals surface area contributed by atoms with E-state index in [4.69, 9.17) is 0 Å². The van der Waals surface area contributed by atoms with E-state index in [1.807, 2.05) is 0 Å². The predicted molar refractivity (Wildman–Crippen MR) is 111 cm³/mol. The van der Waals surface area contributed by atoms with Crippen molar-refractivity contribution in [3.63, 3.8) is 0 Å². The molecule has 0 bridgehead atoms. The molecule has 0 aliphatic carbocycles. The average Bonchev–Trinajstić information content (AvgIpc) is 3.13. The minimum Gasteiger partial charge on any atom is -0.317 e. The highest BCUT2D eigenvalue weighted by atomic mass is 32.2. The van der Waals surface area contributed by atoms with Gasteiger partial charge in [-0.1, -0.05) is 0 Å². The Labute approximate surface area is 185 Å². The predicted octanol–water partition coefficient (Wildman–Crippen LogP) is 5.69. The van der Waals surface area contributed by atoms with Crippen molar-refractivity contribution in [3.05, 3.63) is 95.8 Å². The maximum atomic E-state index is 15.1. The standard InChI is InChI=1S/C23H15F5N2O2S/c1-30-21(15-4-10-18(25)11-5-15)20(14-2-8-17(24)9-3-14)29-22(30)33(31,32)23(27,28)16-6-12-19(26)13-7-16/h2-13H,1H3. The number of aromatic nitrogens is 2. The maximum Gasteiger partial charge on any atom is 0.378 e. The molecular weight excluding hydrogens is 463 g/mol. The van der Waals surface area contributed by atoms with Crippen LogP contribution in [-0.2, 0) is 22.1 Å². The largest absolute Gasteiger partial charge is 0.378 e. The van der Waals surface area contributed by atoms with Crippen molar-refractivity contribution >= 4 is 9.84 Å². The summed E-state index contributed by atoms with van der Waals surface area (Å²) >= 11 is 0. The van der Waals surface area contributed by atoms with Crippen molar-refractivity contribution in [1.29, 1.82) is 0 Å². The van der Waals surface area contributed by atoms with Gasteiger partial charge in [0.1, 0.15) is 17.5 Å². The second-order valence-electron chi connectivity index (χ2n) is 7.19. The van der Waals surface area contributed by atoms with Crippen molar-refractivity contribution in [2.24, 2.45) is 7.05 Å². The summed E-state index contributed by atoms with van der Waals surface area (Å²) in [6, 6.07) is 12.6. The lowest BCUT2D eigenvalue weighted by molar-refractivity contribution is 0.0895. The molecule has 0 aliphatic rings. The summed E-state index contributed by atoms with van der Waals surface area (Å²) in [4.78, 5) is 3.99. The maximum absolute atomic E-state index is 15.1. The summed E-state index contributed by atoms with van der Waals surface area (Å²) in [5.74, 6) is -1.92. The first-order valence-corrected chi connectivity index (χ1v) is 11.0. The molecule has 0 N–H and O–H groups in total. The highest BCUT2D eigenvalue weighted by Crippen LogP contribution is 2.41. The smallest absolute Gasteiger partial charge is 0.317 e. The molecule has 4 aromatic rings. The molecule has 4 rings (SSSR count). The number of benzene rings is 3. The van der Waals surface area contributed by atoms with Crippen LogP contribution in [0.25, 0.3) is 22.5 Å². The third-order valence-corrected chi connectivity index (χ3v) is 6.80. The van der Waals surface area contributed by atoms with Crippen molar-refractivity contribution in [2.75, 3.05) is 0 Å². The summed E-state index contributed by atoms with van der Waals surface area (Å²) in [6.07, 6.45) is 0. The molecule has 0 spiro atoms. The quantitative estimate of drug-likeness (QED) is 0.346. The van der Waals surface area contributed by atoms with Crippen LogP contribution in [0.15, 0.2) is 78.0 Å². The fraction of sp³-hybridized carbons (Fsp3) is 0.0870. The van der Waals surface area contributed by atoms with E-state index in [-0.39, 0.29) is 17.0 Å². The third kappa shape index (κ3) is 3.91. The van der Waals surface area contributed by atoms with Crippen LogP contribution in [-0.4, -0.2) is 18.0 Å². The summed E-state index contributed by atoms with van der Waals surface area (Å²) in [6.45, 7) is 0. The van der Waals surface area contributed by atoms with Crippen molar-refractivity contribution < 1.29 is 30.4 Å². The Morgan fingerprint density at radius 2 is 1.15 bits per heavy atom. The van der Waals surface area contributed by atoms with Crippen LogP contribution in [0.5, 0.6) is 0 Å². The Morgan fingerprint density at radius 1 is 0.727 bits per heavy atom. The second kappa shape index (κ2) is 8.11. The molecule has 0 unspecified atom stereocenters. The number of imidazole rings is 1. The Kier molecular flexibility index (Phi) is 5.57. The van der Waals surface area contributed by atoms with Crippen LogP contribution in [0.1, 0.15) is 5.56 Å². The first kappa shape index (κ1) is 22.7. The molecule has 0 atom stereocenters. The molecule has 4 nitrogen and oxygen atoms in total. The van der Waals surface area contributed by atoms with Gasteiger partial charge in [0.15, 0.2) is 0 Å². The Morgan fingerprint density at radius 3 is 1.64 bits per heavy atom. The van der Waals surface area contributed by atoms with Crippen molar-refractivity contribution in [2.45, 2.75) is 10.4 Å². The zero-order valence-corrected chi connectivity index (χ0v) is 17.8. The number of alkyl halides is 2. The average molecular weight is 478 g/mol. The highest BCUT2D eigenvalue weighted by Gasteiger charge is 2.50. The van der Waals surface area contributed by atoms with E-state index < -0.39 is 43.3 Å². The molecule has 1 heterocycles. The zero-order valence-electron chi connectivity index (χ0n) is 16.9. The van der Waals surface area contributed by atoms with Crippen LogP contribution >= 0.6 is 0 Å². The number of hydrogen-bond acceptors (Lipinski definition) is 3. The van der Waals surface area contributed by atoms with Crippen molar-refractivity contribution in [3.8, 4) is 22.5 Å². The first-order valence-electron chi connectivity index (χ1n) is 9.49. The summed E-state index contributed by atoms with van der Waals surface area (Å²) < 4.78 is 97.4. The first-order chi connectivity index (χ1) is 15.5. The van der Waals surface area contributed by atoms with Gasteiger partial charge in [-0.15, -0.1) is 0 Å². The van der Waals surface area contributed by atoms with Gasteiger partial charge in [0.25, 0.3) is 9.84 Å². The molecule has 33 heavy (non-hydrogen) atoms. The lowest BCUT2D eigenvalue weighted by Crippen LogP contribution is -2.28. The van der Waals surface area contributed by atoms with Gasteiger partial charge in [-0.25, -0.2) is 26.6 Å². The number of hydrogen-bond donors (Lipinski definition) is 0. The lowest BCUT2D eigenvalue weighted by atomic mass is 10.0. The molecule has 170 valence electrons. The van der Waals surface area contributed by atoms with Gasteiger partial charge >= 0.3 is 5.25 Å². The number of nitrogens with zero attached hydrogens (tertiary/aromatic N) is 2. The van der Waals surface area contributed by atoms with Gasteiger partial charge in [0.2, 0.25) is 5.16 Å². The van der Waals surface area contributed by atoms with E-state index in [9.17, 15) is 21.6 Å².